The first-order valence-electron chi connectivity index (χ1n) is 4.39. The highest BCUT2D eigenvalue weighted by Gasteiger charge is 2.10. The van der Waals surface area contributed by atoms with Gasteiger partial charge in [0.15, 0.2) is 0 Å². The molecule has 0 unspecified atom stereocenters. The van der Waals surface area contributed by atoms with Crippen LogP contribution in [-0.4, -0.2) is 6.61 Å². The van der Waals surface area contributed by atoms with Crippen LogP contribution in [0.15, 0.2) is 35.4 Å². The van der Waals surface area contributed by atoms with Crippen LogP contribution in [-0.2, 0) is 6.42 Å². The fraction of sp³-hybridized carbons (Fsp3) is 0.273. The molecule has 2 rings (SSSR count). The molecule has 68 valence electrons. The van der Waals surface area contributed by atoms with E-state index in [2.05, 4.69) is 6.07 Å². The van der Waals surface area contributed by atoms with Crippen molar-refractivity contribution >= 4 is 11.6 Å². The Balaban J connectivity index is 2.26. The van der Waals surface area contributed by atoms with Crippen LogP contribution in [0.3, 0.4) is 0 Å². The lowest BCUT2D eigenvalue weighted by Crippen LogP contribution is -1.97. The average molecular weight is 195 g/mol. The summed E-state index contributed by atoms with van der Waals surface area (Å²) in [7, 11) is 0. The van der Waals surface area contributed by atoms with Crippen LogP contribution in [0.5, 0.6) is 5.75 Å². The molecule has 0 radical (unpaired) electrons. The molecule has 0 spiro atoms. The van der Waals surface area contributed by atoms with Crippen LogP contribution >= 0.6 is 11.6 Å². The van der Waals surface area contributed by atoms with Crippen molar-refractivity contribution in [3.05, 3.63) is 40.9 Å². The molecule has 0 atom stereocenters. The Morgan fingerprint density at radius 2 is 2.08 bits per heavy atom. The van der Waals surface area contributed by atoms with Gasteiger partial charge in [-0.1, -0.05) is 29.8 Å². The summed E-state index contributed by atoms with van der Waals surface area (Å²) in [5, 5.41) is 0. The van der Waals surface area contributed by atoms with Crippen LogP contribution in [0.25, 0.3) is 0 Å². The lowest BCUT2D eigenvalue weighted by molar-refractivity contribution is 0.353. The summed E-state index contributed by atoms with van der Waals surface area (Å²) in [5.41, 5.74) is 4.07. The highest BCUT2D eigenvalue weighted by Crippen LogP contribution is 2.25. The Morgan fingerprint density at radius 1 is 1.23 bits per heavy atom. The van der Waals surface area contributed by atoms with Crippen molar-refractivity contribution in [2.24, 2.45) is 0 Å². The highest BCUT2D eigenvalue weighted by molar-refractivity contribution is 6.25. The number of ether oxygens (including phenoxy) is 1. The summed E-state index contributed by atoms with van der Waals surface area (Å²) in [4.78, 5) is 0. The van der Waals surface area contributed by atoms with E-state index in [9.17, 15) is 0 Å². The van der Waals surface area contributed by atoms with Crippen LogP contribution in [0, 0.1) is 0 Å². The van der Waals surface area contributed by atoms with E-state index in [1.807, 2.05) is 18.2 Å². The van der Waals surface area contributed by atoms with Crippen molar-refractivity contribution in [1.82, 2.24) is 0 Å². The van der Waals surface area contributed by atoms with E-state index < -0.39 is 0 Å². The Morgan fingerprint density at radius 3 is 2.92 bits per heavy atom. The minimum absolute atomic E-state index is 0.626. The van der Waals surface area contributed by atoms with Crippen molar-refractivity contribution in [3.8, 4) is 5.75 Å². The van der Waals surface area contributed by atoms with E-state index in [0.717, 1.165) is 24.2 Å². The number of fused-ring (bicyclic) bond motifs is 1. The fourth-order valence-electron chi connectivity index (χ4n) is 1.48. The zero-order valence-corrected chi connectivity index (χ0v) is 8.05. The smallest absolute Gasteiger partial charge is 0.122 e. The maximum Gasteiger partial charge on any atom is 0.122 e. The predicted molar refractivity (Wildman–Crippen MR) is 54.2 cm³/mol. The first kappa shape index (κ1) is 8.64. The van der Waals surface area contributed by atoms with Crippen molar-refractivity contribution in [2.75, 3.05) is 6.61 Å². The molecule has 0 N–H and O–H groups in total. The lowest BCUT2D eigenvalue weighted by Gasteiger charge is -2.04. The van der Waals surface area contributed by atoms with Gasteiger partial charge in [-0.2, -0.15) is 0 Å². The van der Waals surface area contributed by atoms with Gasteiger partial charge in [-0.3, -0.25) is 0 Å². The van der Waals surface area contributed by atoms with Gasteiger partial charge in [-0.25, -0.2) is 0 Å². The number of rotatable bonds is 0. The van der Waals surface area contributed by atoms with Gasteiger partial charge in [0.1, 0.15) is 12.4 Å². The van der Waals surface area contributed by atoms with E-state index in [4.69, 9.17) is 16.3 Å². The van der Waals surface area contributed by atoms with Gasteiger partial charge < -0.3 is 4.74 Å². The third-order valence-electron chi connectivity index (χ3n) is 2.26. The molecule has 0 saturated carbocycles. The minimum atomic E-state index is 0.626. The van der Waals surface area contributed by atoms with E-state index in [1.54, 1.807) is 5.54 Å². The maximum atomic E-state index is 5.65. The molecule has 13 heavy (non-hydrogen) atoms. The average Bonchev–Trinajstić information content (AvgIpc) is 2.39. The molecule has 0 fully saturated rings. The van der Waals surface area contributed by atoms with Crippen LogP contribution in [0.4, 0.5) is 0 Å². The number of aryl methyl sites for hydroxylation is 1. The van der Waals surface area contributed by atoms with E-state index in [-0.39, 0.29) is 0 Å². The monoisotopic (exact) mass is 194 g/mol. The topological polar surface area (TPSA) is 9.23 Å². The van der Waals surface area contributed by atoms with Gasteiger partial charge in [0.05, 0.1) is 0 Å². The van der Waals surface area contributed by atoms with Gasteiger partial charge >= 0.3 is 0 Å². The Hall–Kier alpha value is -0.950. The molecular weight excluding hydrogens is 184 g/mol. The Bertz CT molecular complexity index is 302. The quantitative estimate of drug-likeness (QED) is 0.617. The number of hydrogen-bond acceptors (Lipinski definition) is 1. The van der Waals surface area contributed by atoms with Gasteiger partial charge in [0, 0.05) is 5.54 Å². The fourth-order valence-corrected chi connectivity index (χ4v) is 1.65. The third kappa shape index (κ3) is 1.86. The third-order valence-corrected chi connectivity index (χ3v) is 2.56. The highest BCUT2D eigenvalue weighted by atomic mass is 35.5. The van der Waals surface area contributed by atoms with Crippen molar-refractivity contribution in [3.63, 3.8) is 0 Å². The summed E-state index contributed by atoms with van der Waals surface area (Å²) in [6.45, 7) is 0.626. The molecule has 1 nitrogen and oxygen atoms in total. The first-order valence-corrected chi connectivity index (χ1v) is 4.82. The van der Waals surface area contributed by atoms with Crippen molar-refractivity contribution in [2.45, 2.75) is 12.8 Å². The van der Waals surface area contributed by atoms with Crippen LogP contribution in [0.1, 0.15) is 12.0 Å². The maximum absolute atomic E-state index is 5.65. The Labute approximate surface area is 83.0 Å². The Kier molecular flexibility index (Phi) is 2.55. The molecular formula is C11H11ClO. The molecule has 0 aliphatic carbocycles. The summed E-state index contributed by atoms with van der Waals surface area (Å²) >= 11 is 5.65. The summed E-state index contributed by atoms with van der Waals surface area (Å²) < 4.78 is 5.60. The molecule has 0 aromatic heterocycles. The van der Waals surface area contributed by atoms with Crippen LogP contribution in [0.2, 0.25) is 0 Å². The molecule has 0 bridgehead atoms. The van der Waals surface area contributed by atoms with Gasteiger partial charge in [0.2, 0.25) is 0 Å². The van der Waals surface area contributed by atoms with E-state index in [1.165, 1.54) is 5.56 Å². The standard InChI is InChI=1S/C11H11ClO/c12-7-9-5-6-10-3-1-2-4-11(10)13-8-9/h1-4,7H,5-6,8H2. The van der Waals surface area contributed by atoms with Gasteiger partial charge in [-0.15, -0.1) is 0 Å². The summed E-state index contributed by atoms with van der Waals surface area (Å²) in [6, 6.07) is 8.14. The van der Waals surface area contributed by atoms with Gasteiger partial charge in [-0.05, 0) is 30.0 Å². The summed E-state index contributed by atoms with van der Waals surface area (Å²) in [6.07, 6.45) is 2.02. The second kappa shape index (κ2) is 3.84. The molecule has 1 aromatic carbocycles. The van der Waals surface area contributed by atoms with Crippen molar-refractivity contribution < 1.29 is 4.74 Å². The summed E-state index contributed by atoms with van der Waals surface area (Å²) in [5.74, 6) is 0.996. The molecule has 1 aliphatic rings. The minimum Gasteiger partial charge on any atom is -0.489 e. The number of halogens is 1. The largest absolute Gasteiger partial charge is 0.489 e. The SMILES string of the molecule is ClC=C1CCc2ccccc2OC1. The molecule has 1 heterocycles. The molecule has 0 amide bonds. The molecule has 1 aliphatic heterocycles. The van der Waals surface area contributed by atoms with Crippen LogP contribution < -0.4 is 4.74 Å². The lowest BCUT2D eigenvalue weighted by atomic mass is 10.1. The van der Waals surface area contributed by atoms with Gasteiger partial charge in [0.25, 0.3) is 0 Å². The molecule has 2 heteroatoms. The second-order valence-corrected chi connectivity index (χ2v) is 3.38. The normalized spacial score (nSPS) is 19.0. The molecule has 0 saturated heterocycles. The van der Waals surface area contributed by atoms with Crippen molar-refractivity contribution in [1.29, 1.82) is 0 Å². The zero-order chi connectivity index (χ0) is 9.10. The number of hydrogen-bond donors (Lipinski definition) is 0. The number of benzene rings is 1. The van der Waals surface area contributed by atoms with E-state index in [0.29, 0.717) is 6.61 Å². The number of para-hydroxylation sites is 1. The first-order chi connectivity index (χ1) is 6.40. The molecule has 1 aromatic rings. The zero-order valence-electron chi connectivity index (χ0n) is 7.29. The second-order valence-electron chi connectivity index (χ2n) is 3.16. The van der Waals surface area contributed by atoms with E-state index >= 15 is 0 Å². The predicted octanol–water partition coefficient (Wildman–Crippen LogP) is 3.13.